The van der Waals surface area contributed by atoms with Gasteiger partial charge >= 0.3 is 0 Å². The molecule has 3 rings (SSSR count). The van der Waals surface area contributed by atoms with Crippen molar-refractivity contribution in [2.75, 3.05) is 29.9 Å². The van der Waals surface area contributed by atoms with E-state index in [2.05, 4.69) is 45.3 Å². The van der Waals surface area contributed by atoms with Gasteiger partial charge in [-0.2, -0.15) is 0 Å². The number of carbonyl (C=O) groups excluding carboxylic acids is 1. The summed E-state index contributed by atoms with van der Waals surface area (Å²) in [5, 5.41) is 13.5. The van der Waals surface area contributed by atoms with Gasteiger partial charge in [0.05, 0.1) is 11.5 Å². The standard InChI is InChI=1S/C24H35N5OS/c1-4-25-24(28-20-10-12-29(13-11-20)23-9-6-14-31-23)26-17-19-7-5-8-21(16-19)27-22(30)15-18(2)3/h5-9,14,16,18,20H,4,10-13,15,17H2,1-3H3,(H,27,30)(H2,25,26,28). The molecule has 1 saturated heterocycles. The van der Waals surface area contributed by atoms with Crippen molar-refractivity contribution in [3.8, 4) is 0 Å². The van der Waals surface area contributed by atoms with Crippen LogP contribution in [-0.4, -0.2) is 37.5 Å². The Morgan fingerprint density at radius 1 is 1.23 bits per heavy atom. The van der Waals surface area contributed by atoms with Crippen LogP contribution in [0.1, 0.15) is 45.6 Å². The van der Waals surface area contributed by atoms with E-state index < -0.39 is 0 Å². The van der Waals surface area contributed by atoms with Gasteiger partial charge in [-0.05, 0) is 60.9 Å². The van der Waals surface area contributed by atoms with Crippen molar-refractivity contribution in [2.24, 2.45) is 10.9 Å². The number of carbonyl (C=O) groups is 1. The van der Waals surface area contributed by atoms with E-state index in [0.717, 1.165) is 49.7 Å². The van der Waals surface area contributed by atoms with Crippen molar-refractivity contribution < 1.29 is 4.79 Å². The Labute approximate surface area is 190 Å². The van der Waals surface area contributed by atoms with Crippen LogP contribution in [0.2, 0.25) is 0 Å². The summed E-state index contributed by atoms with van der Waals surface area (Å²) in [5.41, 5.74) is 1.91. The van der Waals surface area contributed by atoms with Crippen LogP contribution in [0.4, 0.5) is 10.7 Å². The maximum absolute atomic E-state index is 12.0. The van der Waals surface area contributed by atoms with E-state index in [4.69, 9.17) is 4.99 Å². The Morgan fingerprint density at radius 2 is 2.03 bits per heavy atom. The van der Waals surface area contributed by atoms with E-state index >= 15 is 0 Å². The molecule has 0 aliphatic carbocycles. The highest BCUT2D eigenvalue weighted by Crippen LogP contribution is 2.24. The van der Waals surface area contributed by atoms with E-state index in [9.17, 15) is 4.79 Å². The molecule has 3 N–H and O–H groups in total. The van der Waals surface area contributed by atoms with Crippen molar-refractivity contribution in [3.63, 3.8) is 0 Å². The van der Waals surface area contributed by atoms with Crippen molar-refractivity contribution in [1.82, 2.24) is 10.6 Å². The predicted octanol–water partition coefficient (Wildman–Crippen LogP) is 4.46. The normalized spacial score (nSPS) is 15.2. The van der Waals surface area contributed by atoms with Gasteiger partial charge in [0.1, 0.15) is 0 Å². The molecule has 1 fully saturated rings. The van der Waals surface area contributed by atoms with E-state index in [1.165, 1.54) is 5.00 Å². The third-order valence-corrected chi connectivity index (χ3v) is 6.15. The second-order valence-electron chi connectivity index (χ2n) is 8.40. The number of thiophene rings is 1. The van der Waals surface area contributed by atoms with Gasteiger partial charge in [0, 0.05) is 37.8 Å². The number of anilines is 2. The molecule has 7 heteroatoms. The monoisotopic (exact) mass is 441 g/mol. The zero-order chi connectivity index (χ0) is 22.1. The highest BCUT2D eigenvalue weighted by Gasteiger charge is 2.20. The minimum absolute atomic E-state index is 0.0551. The zero-order valence-corrected chi connectivity index (χ0v) is 19.7. The average Bonchev–Trinajstić information content (AvgIpc) is 3.27. The number of nitrogens with zero attached hydrogens (tertiary/aromatic N) is 2. The molecule has 1 aliphatic heterocycles. The van der Waals surface area contributed by atoms with E-state index in [-0.39, 0.29) is 5.91 Å². The number of aliphatic imine (C=N–C) groups is 1. The molecule has 0 unspecified atom stereocenters. The molecular weight excluding hydrogens is 406 g/mol. The van der Waals surface area contributed by atoms with Gasteiger partial charge in [-0.1, -0.05) is 26.0 Å². The Kier molecular flexibility index (Phi) is 8.76. The lowest BCUT2D eigenvalue weighted by molar-refractivity contribution is -0.116. The molecule has 0 saturated carbocycles. The molecule has 0 atom stereocenters. The van der Waals surface area contributed by atoms with Crippen LogP contribution in [0.15, 0.2) is 46.8 Å². The highest BCUT2D eigenvalue weighted by atomic mass is 32.1. The minimum Gasteiger partial charge on any atom is -0.363 e. The highest BCUT2D eigenvalue weighted by molar-refractivity contribution is 7.14. The lowest BCUT2D eigenvalue weighted by atomic mass is 10.1. The molecule has 0 radical (unpaired) electrons. The topological polar surface area (TPSA) is 68.8 Å². The van der Waals surface area contributed by atoms with E-state index in [1.807, 2.05) is 49.4 Å². The number of piperidine rings is 1. The van der Waals surface area contributed by atoms with Crippen LogP contribution in [-0.2, 0) is 11.3 Å². The van der Waals surface area contributed by atoms with Gasteiger partial charge < -0.3 is 20.9 Å². The summed E-state index contributed by atoms with van der Waals surface area (Å²) in [6, 6.07) is 12.7. The van der Waals surface area contributed by atoms with Crippen LogP contribution >= 0.6 is 11.3 Å². The molecule has 168 valence electrons. The molecule has 2 aromatic rings. The lowest BCUT2D eigenvalue weighted by Gasteiger charge is -2.33. The Morgan fingerprint density at radius 3 is 2.71 bits per heavy atom. The van der Waals surface area contributed by atoms with Crippen LogP contribution in [0.5, 0.6) is 0 Å². The summed E-state index contributed by atoms with van der Waals surface area (Å²) in [5.74, 6) is 1.25. The molecule has 31 heavy (non-hydrogen) atoms. The summed E-state index contributed by atoms with van der Waals surface area (Å²) in [7, 11) is 0. The molecule has 1 aliphatic rings. The van der Waals surface area contributed by atoms with Crippen molar-refractivity contribution >= 4 is 33.9 Å². The molecule has 0 spiro atoms. The molecular formula is C24H35N5OS. The number of nitrogens with one attached hydrogen (secondary N) is 3. The first-order valence-electron chi connectivity index (χ1n) is 11.3. The Balaban J connectivity index is 1.54. The van der Waals surface area contributed by atoms with Crippen molar-refractivity contribution in [1.29, 1.82) is 0 Å². The fraction of sp³-hybridized carbons (Fsp3) is 0.500. The van der Waals surface area contributed by atoms with Gasteiger partial charge in [0.15, 0.2) is 5.96 Å². The van der Waals surface area contributed by atoms with E-state index in [1.54, 1.807) is 0 Å². The molecule has 1 aromatic heterocycles. The first-order valence-corrected chi connectivity index (χ1v) is 12.1. The SMILES string of the molecule is CCNC(=NCc1cccc(NC(=O)CC(C)C)c1)NC1CCN(c2cccs2)CC1. The van der Waals surface area contributed by atoms with Gasteiger partial charge in [0.25, 0.3) is 0 Å². The third kappa shape index (κ3) is 7.58. The summed E-state index contributed by atoms with van der Waals surface area (Å²) in [4.78, 5) is 19.3. The third-order valence-electron chi connectivity index (χ3n) is 5.22. The van der Waals surface area contributed by atoms with Gasteiger partial charge in [-0.25, -0.2) is 4.99 Å². The van der Waals surface area contributed by atoms with Gasteiger partial charge in [0.2, 0.25) is 5.91 Å². The Bertz CT molecular complexity index is 841. The van der Waals surface area contributed by atoms with Crippen LogP contribution in [0.3, 0.4) is 0 Å². The smallest absolute Gasteiger partial charge is 0.224 e. The molecule has 2 heterocycles. The number of hydrogen-bond donors (Lipinski definition) is 3. The minimum atomic E-state index is 0.0551. The Hall–Kier alpha value is -2.54. The maximum atomic E-state index is 12.0. The molecule has 1 amide bonds. The number of rotatable bonds is 8. The largest absolute Gasteiger partial charge is 0.363 e. The fourth-order valence-electron chi connectivity index (χ4n) is 3.71. The predicted molar refractivity (Wildman–Crippen MR) is 132 cm³/mol. The quantitative estimate of drug-likeness (QED) is 0.418. The second-order valence-corrected chi connectivity index (χ2v) is 9.32. The first kappa shape index (κ1) is 23.1. The fourth-order valence-corrected chi connectivity index (χ4v) is 4.49. The summed E-state index contributed by atoms with van der Waals surface area (Å²) in [6.07, 6.45) is 2.72. The van der Waals surface area contributed by atoms with Crippen molar-refractivity contribution in [2.45, 2.75) is 52.6 Å². The molecule has 6 nitrogen and oxygen atoms in total. The average molecular weight is 442 g/mol. The maximum Gasteiger partial charge on any atom is 0.224 e. The summed E-state index contributed by atoms with van der Waals surface area (Å²) < 4.78 is 0. The van der Waals surface area contributed by atoms with E-state index in [0.29, 0.717) is 24.9 Å². The molecule has 0 bridgehead atoms. The number of guanidine groups is 1. The van der Waals surface area contributed by atoms with Gasteiger partial charge in [-0.15, -0.1) is 11.3 Å². The number of benzene rings is 1. The first-order chi connectivity index (χ1) is 15.0. The number of amides is 1. The van der Waals surface area contributed by atoms with Crippen LogP contribution in [0, 0.1) is 5.92 Å². The summed E-state index contributed by atoms with van der Waals surface area (Å²) >= 11 is 1.81. The van der Waals surface area contributed by atoms with Crippen molar-refractivity contribution in [3.05, 3.63) is 47.3 Å². The second kappa shape index (κ2) is 11.7. The zero-order valence-electron chi connectivity index (χ0n) is 18.9. The van der Waals surface area contributed by atoms with Crippen LogP contribution in [0.25, 0.3) is 0 Å². The molecule has 1 aromatic carbocycles. The lowest BCUT2D eigenvalue weighted by Crippen LogP contribution is -2.48. The number of hydrogen-bond acceptors (Lipinski definition) is 4. The van der Waals surface area contributed by atoms with Crippen LogP contribution < -0.4 is 20.9 Å². The summed E-state index contributed by atoms with van der Waals surface area (Å²) in [6.45, 7) is 9.70. The van der Waals surface area contributed by atoms with Gasteiger partial charge in [-0.3, -0.25) is 4.79 Å².